The Labute approximate surface area is 185 Å². The van der Waals surface area contributed by atoms with E-state index in [0.717, 1.165) is 5.69 Å². The van der Waals surface area contributed by atoms with Crippen molar-refractivity contribution in [2.24, 2.45) is 5.10 Å². The summed E-state index contributed by atoms with van der Waals surface area (Å²) < 4.78 is 13.9. The summed E-state index contributed by atoms with van der Waals surface area (Å²) in [6.45, 7) is 2.35. The molecule has 0 spiro atoms. The normalized spacial score (nSPS) is 18.9. The first-order valence-electron chi connectivity index (χ1n) is 10.7. The monoisotopic (exact) mass is 436 g/mol. The van der Waals surface area contributed by atoms with Crippen LogP contribution < -0.4 is 10.3 Å². The maximum Gasteiger partial charge on any atom is 0.267 e. The van der Waals surface area contributed by atoms with Gasteiger partial charge in [0.25, 0.3) is 11.8 Å². The lowest BCUT2D eigenvalue weighted by Crippen LogP contribution is -2.48. The van der Waals surface area contributed by atoms with Gasteiger partial charge in [-0.25, -0.2) is 4.39 Å². The lowest BCUT2D eigenvalue weighted by molar-refractivity contribution is -0.118. The molecule has 1 unspecified atom stereocenters. The number of hydrazone groups is 1. The van der Waals surface area contributed by atoms with Crippen molar-refractivity contribution in [3.63, 3.8) is 0 Å². The zero-order chi connectivity index (χ0) is 22.7. The number of hydrogen-bond donors (Lipinski definition) is 1. The fraction of sp³-hybridized carbons (Fsp3) is 0.333. The fourth-order valence-electron chi connectivity index (χ4n) is 4.08. The lowest BCUT2D eigenvalue weighted by atomic mass is 10.0. The number of anilines is 1. The number of hydrogen-bond acceptors (Lipinski definition) is 5. The number of likely N-dealkylation sites (tertiary alicyclic amines) is 1. The third-order valence-electron chi connectivity index (χ3n) is 5.88. The molecule has 0 saturated carbocycles. The van der Waals surface area contributed by atoms with Crippen LogP contribution in [0.3, 0.4) is 0 Å². The van der Waals surface area contributed by atoms with Gasteiger partial charge in [-0.05, 0) is 44.0 Å². The van der Waals surface area contributed by atoms with E-state index in [1.54, 1.807) is 22.0 Å². The van der Waals surface area contributed by atoms with Crippen molar-refractivity contribution in [1.82, 2.24) is 10.2 Å². The Morgan fingerprint density at radius 2 is 1.66 bits per heavy atom. The molecular formula is C24H25FN4O3. The molecular weight excluding hydrogens is 411 g/mol. The van der Waals surface area contributed by atoms with Gasteiger partial charge in [0.1, 0.15) is 17.6 Å². The summed E-state index contributed by atoms with van der Waals surface area (Å²) in [6, 6.07) is 14.6. The third kappa shape index (κ3) is 4.54. The second-order valence-electron chi connectivity index (χ2n) is 8.08. The largest absolute Gasteiger partial charge is 0.348 e. The number of carbonyl (C=O) groups excluding carboxylic acids is 3. The van der Waals surface area contributed by atoms with E-state index in [2.05, 4.69) is 10.4 Å². The smallest absolute Gasteiger partial charge is 0.267 e. The molecule has 2 aromatic rings. The number of nitrogens with zero attached hydrogens (tertiary/aromatic N) is 3. The summed E-state index contributed by atoms with van der Waals surface area (Å²) in [5.74, 6) is -1.22. The molecule has 4 rings (SSSR count). The van der Waals surface area contributed by atoms with Gasteiger partial charge >= 0.3 is 0 Å². The van der Waals surface area contributed by atoms with Crippen LogP contribution in [0.4, 0.5) is 10.1 Å². The van der Waals surface area contributed by atoms with E-state index in [0.29, 0.717) is 31.6 Å². The molecule has 1 saturated heterocycles. The standard InChI is InChI=1S/C24H25FN4O3/c1-16(30)22-15-21(27-29(22)18-7-3-2-4-8-18)23(31)26-17-11-13-28(14-12-17)24(32)19-9-5-6-10-20(19)25/h2-10,17,22H,11-15H2,1H3,(H,26,31). The number of carbonyl (C=O) groups is 3. The first-order valence-corrected chi connectivity index (χ1v) is 10.7. The van der Waals surface area contributed by atoms with Gasteiger partial charge in [-0.2, -0.15) is 5.10 Å². The molecule has 2 heterocycles. The van der Waals surface area contributed by atoms with Crippen molar-refractivity contribution in [3.8, 4) is 0 Å². The number of rotatable bonds is 5. The van der Waals surface area contributed by atoms with E-state index in [4.69, 9.17) is 0 Å². The third-order valence-corrected chi connectivity index (χ3v) is 5.88. The molecule has 166 valence electrons. The van der Waals surface area contributed by atoms with Gasteiger partial charge in [-0.3, -0.25) is 19.4 Å². The van der Waals surface area contributed by atoms with Crippen molar-refractivity contribution in [3.05, 3.63) is 66.0 Å². The zero-order valence-electron chi connectivity index (χ0n) is 17.8. The minimum absolute atomic E-state index is 0.0552. The Hall–Kier alpha value is -3.55. The number of piperidine rings is 1. The predicted molar refractivity (Wildman–Crippen MR) is 119 cm³/mol. The number of Topliss-reactive ketones (excluding diaryl/α,β-unsaturated/α-hetero) is 1. The first kappa shape index (κ1) is 21.7. The van der Waals surface area contributed by atoms with Gasteiger partial charge in [0.05, 0.1) is 11.3 Å². The number of nitrogens with one attached hydrogen (secondary N) is 1. The quantitative estimate of drug-likeness (QED) is 0.782. The summed E-state index contributed by atoms with van der Waals surface area (Å²) in [6.07, 6.45) is 1.39. The van der Waals surface area contributed by atoms with Crippen molar-refractivity contribution in [2.75, 3.05) is 18.1 Å². The molecule has 0 aromatic heterocycles. The molecule has 1 atom stereocenters. The molecule has 7 nitrogen and oxygen atoms in total. The average Bonchev–Trinajstić information content (AvgIpc) is 3.26. The van der Waals surface area contributed by atoms with Crippen LogP contribution >= 0.6 is 0 Å². The van der Waals surface area contributed by atoms with Gasteiger partial charge in [-0.1, -0.05) is 30.3 Å². The summed E-state index contributed by atoms with van der Waals surface area (Å²) in [4.78, 5) is 39.1. The average molecular weight is 436 g/mol. The number of ketones is 1. The highest BCUT2D eigenvalue weighted by molar-refractivity contribution is 6.40. The SMILES string of the molecule is CC(=O)C1CC(C(=O)NC2CCN(C(=O)c3ccccc3F)CC2)=NN1c1ccccc1. The van der Waals surface area contributed by atoms with Crippen LogP contribution in [-0.2, 0) is 9.59 Å². The summed E-state index contributed by atoms with van der Waals surface area (Å²) in [5, 5.41) is 9.02. The second kappa shape index (κ2) is 9.30. The zero-order valence-corrected chi connectivity index (χ0v) is 17.8. The van der Waals surface area contributed by atoms with Crippen LogP contribution in [0.2, 0.25) is 0 Å². The van der Waals surface area contributed by atoms with Gasteiger partial charge in [0.15, 0.2) is 5.78 Å². The number of para-hydroxylation sites is 1. The van der Waals surface area contributed by atoms with Crippen LogP contribution in [0.15, 0.2) is 59.7 Å². The highest BCUT2D eigenvalue weighted by Crippen LogP contribution is 2.25. The second-order valence-corrected chi connectivity index (χ2v) is 8.08. The molecule has 1 fully saturated rings. The Morgan fingerprint density at radius 3 is 2.31 bits per heavy atom. The van der Waals surface area contributed by atoms with E-state index in [9.17, 15) is 18.8 Å². The Morgan fingerprint density at radius 1 is 1.00 bits per heavy atom. The Kier molecular flexibility index (Phi) is 6.30. The highest BCUT2D eigenvalue weighted by Gasteiger charge is 2.35. The summed E-state index contributed by atoms with van der Waals surface area (Å²) in [7, 11) is 0. The molecule has 2 aliphatic rings. The van der Waals surface area contributed by atoms with Gasteiger partial charge in [0.2, 0.25) is 0 Å². The van der Waals surface area contributed by atoms with Crippen LogP contribution in [0.25, 0.3) is 0 Å². The molecule has 0 bridgehead atoms. The highest BCUT2D eigenvalue weighted by atomic mass is 19.1. The van der Waals surface area contributed by atoms with Crippen molar-refractivity contribution in [2.45, 2.75) is 38.3 Å². The molecule has 0 aliphatic carbocycles. The molecule has 1 N–H and O–H groups in total. The molecule has 8 heteroatoms. The van der Waals surface area contributed by atoms with Crippen LogP contribution in [-0.4, -0.2) is 53.4 Å². The Balaban J connectivity index is 1.36. The van der Waals surface area contributed by atoms with E-state index in [1.807, 2.05) is 30.3 Å². The van der Waals surface area contributed by atoms with Gasteiger partial charge in [-0.15, -0.1) is 0 Å². The fourth-order valence-corrected chi connectivity index (χ4v) is 4.08. The maximum atomic E-state index is 13.9. The van der Waals surface area contributed by atoms with Gasteiger partial charge < -0.3 is 10.2 Å². The number of halogens is 1. The topological polar surface area (TPSA) is 82.1 Å². The first-order chi connectivity index (χ1) is 15.4. The van der Waals surface area contributed by atoms with Crippen LogP contribution in [0.5, 0.6) is 0 Å². The van der Waals surface area contributed by atoms with Crippen molar-refractivity contribution in [1.29, 1.82) is 0 Å². The van der Waals surface area contributed by atoms with Crippen LogP contribution in [0, 0.1) is 5.82 Å². The predicted octanol–water partition coefficient (Wildman–Crippen LogP) is 2.77. The van der Waals surface area contributed by atoms with E-state index < -0.39 is 11.9 Å². The minimum atomic E-state index is -0.532. The Bertz CT molecular complexity index is 1050. The summed E-state index contributed by atoms with van der Waals surface area (Å²) >= 11 is 0. The molecule has 32 heavy (non-hydrogen) atoms. The molecule has 0 radical (unpaired) electrons. The molecule has 2 amide bonds. The number of benzene rings is 2. The minimum Gasteiger partial charge on any atom is -0.348 e. The van der Waals surface area contributed by atoms with Crippen molar-refractivity contribution < 1.29 is 18.8 Å². The summed E-state index contributed by atoms with van der Waals surface area (Å²) in [5.41, 5.74) is 1.14. The maximum absolute atomic E-state index is 13.9. The lowest BCUT2D eigenvalue weighted by Gasteiger charge is -2.32. The van der Waals surface area contributed by atoms with E-state index in [-0.39, 0.29) is 35.6 Å². The number of amides is 2. The van der Waals surface area contributed by atoms with Crippen LogP contribution in [0.1, 0.15) is 36.5 Å². The van der Waals surface area contributed by atoms with Crippen molar-refractivity contribution >= 4 is 29.0 Å². The molecule has 2 aromatic carbocycles. The van der Waals surface area contributed by atoms with E-state index >= 15 is 0 Å². The van der Waals surface area contributed by atoms with Gasteiger partial charge in [0, 0.05) is 25.6 Å². The van der Waals surface area contributed by atoms with E-state index in [1.165, 1.54) is 19.1 Å². The molecule has 2 aliphatic heterocycles.